The van der Waals surface area contributed by atoms with E-state index in [0.717, 1.165) is 24.3 Å². The van der Waals surface area contributed by atoms with Gasteiger partial charge in [0.15, 0.2) is 0 Å². The molecule has 16 heteroatoms. The van der Waals surface area contributed by atoms with Crippen LogP contribution in [0.5, 0.6) is 0 Å². The number of carbonyl (C=O) groups excluding carboxylic acids is 4. The molecule has 2 aromatic rings. The lowest BCUT2D eigenvalue weighted by Crippen LogP contribution is -2.54. The zero-order chi connectivity index (χ0) is 23.7. The van der Waals surface area contributed by atoms with Crippen LogP contribution in [-0.4, -0.2) is 33.7 Å². The Labute approximate surface area is 177 Å². The standard InChI is InChI=1S/C16H14N8O8/c25-13(19-21-15(27)17-9-1-5-11(6-2-9)23(29)30)14(26)20-22-16(28)18-10-3-7-12(8-4-10)24(31)32/h1-8H,(H,19,25)(H,20,26)(H2,17,21,27)(H2,18,22,28). The van der Waals surface area contributed by atoms with Crippen LogP contribution < -0.4 is 32.3 Å². The normalized spacial score (nSPS) is 9.62. The summed E-state index contributed by atoms with van der Waals surface area (Å²) in [5, 5.41) is 25.6. The fourth-order valence-corrected chi connectivity index (χ4v) is 2.00. The highest BCUT2D eigenvalue weighted by Crippen LogP contribution is 2.15. The summed E-state index contributed by atoms with van der Waals surface area (Å²) in [5.74, 6) is -2.67. The second-order valence-corrected chi connectivity index (χ2v) is 5.67. The Morgan fingerprint density at radius 3 is 1.16 bits per heavy atom. The molecule has 0 aliphatic heterocycles. The van der Waals surface area contributed by atoms with Gasteiger partial charge in [0.25, 0.3) is 11.4 Å². The Hall–Kier alpha value is -5.28. The molecule has 0 bridgehead atoms. The fourth-order valence-electron chi connectivity index (χ4n) is 2.00. The number of carbonyl (C=O) groups is 4. The summed E-state index contributed by atoms with van der Waals surface area (Å²) < 4.78 is 0. The lowest BCUT2D eigenvalue weighted by atomic mass is 10.3. The van der Waals surface area contributed by atoms with Gasteiger partial charge in [0.1, 0.15) is 0 Å². The Balaban J connectivity index is 1.72. The SMILES string of the molecule is O=C(NNC(=O)C(=O)NNC(=O)Nc1ccc([N+](=O)[O-])cc1)Nc1ccc([N+](=O)[O-])cc1. The van der Waals surface area contributed by atoms with Gasteiger partial charge in [0, 0.05) is 35.6 Å². The first kappa shape index (κ1) is 23.0. The molecule has 166 valence electrons. The largest absolute Gasteiger partial charge is 0.337 e. The van der Waals surface area contributed by atoms with Crippen molar-refractivity contribution in [1.82, 2.24) is 21.7 Å². The molecular weight excluding hydrogens is 432 g/mol. The third-order valence-corrected chi connectivity index (χ3v) is 3.46. The first-order valence-corrected chi connectivity index (χ1v) is 8.39. The molecule has 0 saturated carbocycles. The number of hydrazine groups is 2. The molecule has 2 rings (SSSR count). The van der Waals surface area contributed by atoms with E-state index in [4.69, 9.17) is 0 Å². The second-order valence-electron chi connectivity index (χ2n) is 5.67. The van der Waals surface area contributed by atoms with Crippen LogP contribution in [-0.2, 0) is 9.59 Å². The molecule has 0 aliphatic carbocycles. The molecule has 0 atom stereocenters. The predicted molar refractivity (Wildman–Crippen MR) is 107 cm³/mol. The van der Waals surface area contributed by atoms with Crippen molar-refractivity contribution in [2.24, 2.45) is 0 Å². The number of nitrogens with zero attached hydrogens (tertiary/aromatic N) is 2. The third-order valence-electron chi connectivity index (χ3n) is 3.46. The smallest absolute Gasteiger partial charge is 0.307 e. The molecule has 0 fully saturated rings. The number of hydrogen-bond donors (Lipinski definition) is 6. The van der Waals surface area contributed by atoms with Crippen molar-refractivity contribution in [3.8, 4) is 0 Å². The highest BCUT2D eigenvalue weighted by atomic mass is 16.6. The summed E-state index contributed by atoms with van der Waals surface area (Å²) in [6, 6.07) is 7.68. The van der Waals surface area contributed by atoms with Gasteiger partial charge >= 0.3 is 23.9 Å². The summed E-state index contributed by atoms with van der Waals surface area (Å²) >= 11 is 0. The molecule has 0 spiro atoms. The van der Waals surface area contributed by atoms with E-state index in [1.165, 1.54) is 24.3 Å². The van der Waals surface area contributed by atoms with Crippen LogP contribution in [0.4, 0.5) is 32.3 Å². The number of anilines is 2. The second kappa shape index (κ2) is 10.5. The van der Waals surface area contributed by atoms with Crippen molar-refractivity contribution >= 4 is 46.6 Å². The number of benzene rings is 2. The molecule has 0 unspecified atom stereocenters. The molecule has 0 heterocycles. The lowest BCUT2D eigenvalue weighted by Gasteiger charge is -2.10. The van der Waals surface area contributed by atoms with E-state index in [1.54, 1.807) is 10.9 Å². The highest BCUT2D eigenvalue weighted by molar-refractivity contribution is 6.35. The Kier molecular flexibility index (Phi) is 7.54. The van der Waals surface area contributed by atoms with Gasteiger partial charge in [0.05, 0.1) is 9.85 Å². The van der Waals surface area contributed by atoms with Gasteiger partial charge in [-0.15, -0.1) is 0 Å². The van der Waals surface area contributed by atoms with Gasteiger partial charge < -0.3 is 10.6 Å². The zero-order valence-corrected chi connectivity index (χ0v) is 15.8. The van der Waals surface area contributed by atoms with Gasteiger partial charge in [0.2, 0.25) is 0 Å². The van der Waals surface area contributed by atoms with Crippen LogP contribution >= 0.6 is 0 Å². The number of nitro benzene ring substituents is 2. The number of rotatable bonds is 4. The van der Waals surface area contributed by atoms with Gasteiger partial charge in [-0.3, -0.25) is 40.7 Å². The monoisotopic (exact) mass is 446 g/mol. The van der Waals surface area contributed by atoms with Crippen LogP contribution in [0.15, 0.2) is 48.5 Å². The molecule has 6 N–H and O–H groups in total. The average Bonchev–Trinajstić information content (AvgIpc) is 2.76. The number of nitro groups is 2. The molecule has 0 aliphatic rings. The topological polar surface area (TPSA) is 227 Å². The van der Waals surface area contributed by atoms with Crippen molar-refractivity contribution < 1.29 is 29.0 Å². The first-order valence-electron chi connectivity index (χ1n) is 8.39. The minimum absolute atomic E-state index is 0.177. The maximum Gasteiger partial charge on any atom is 0.337 e. The van der Waals surface area contributed by atoms with Gasteiger partial charge in [-0.2, -0.15) is 0 Å². The molecule has 6 amide bonds. The maximum atomic E-state index is 11.7. The summed E-state index contributed by atoms with van der Waals surface area (Å²) in [6.07, 6.45) is 0. The Morgan fingerprint density at radius 2 is 0.875 bits per heavy atom. The van der Waals surface area contributed by atoms with Crippen molar-refractivity contribution in [3.05, 3.63) is 68.8 Å². The van der Waals surface area contributed by atoms with Crippen LogP contribution in [0.25, 0.3) is 0 Å². The first-order chi connectivity index (χ1) is 15.2. The van der Waals surface area contributed by atoms with E-state index in [9.17, 15) is 39.4 Å². The number of urea groups is 2. The average molecular weight is 446 g/mol. The van der Waals surface area contributed by atoms with E-state index in [1.807, 2.05) is 10.9 Å². The Bertz CT molecular complexity index is 969. The summed E-state index contributed by atoms with van der Waals surface area (Å²) in [5.41, 5.74) is 7.23. The minimum atomic E-state index is -1.33. The van der Waals surface area contributed by atoms with Crippen LogP contribution in [0, 0.1) is 20.2 Å². The van der Waals surface area contributed by atoms with Crippen molar-refractivity contribution in [2.45, 2.75) is 0 Å². The van der Waals surface area contributed by atoms with E-state index in [2.05, 4.69) is 10.6 Å². The van der Waals surface area contributed by atoms with Crippen LogP contribution in [0.3, 0.4) is 0 Å². The Morgan fingerprint density at radius 1 is 0.562 bits per heavy atom. The van der Waals surface area contributed by atoms with Crippen molar-refractivity contribution in [2.75, 3.05) is 10.6 Å². The highest BCUT2D eigenvalue weighted by Gasteiger charge is 2.15. The summed E-state index contributed by atoms with van der Waals surface area (Å²) in [4.78, 5) is 66.5. The fraction of sp³-hybridized carbons (Fsp3) is 0. The van der Waals surface area contributed by atoms with Gasteiger partial charge in [-0.05, 0) is 24.3 Å². The lowest BCUT2D eigenvalue weighted by molar-refractivity contribution is -0.385. The predicted octanol–water partition coefficient (Wildman–Crippen LogP) is 0.509. The molecular formula is C16H14N8O8. The number of non-ortho nitro benzene ring substituents is 2. The number of nitrogens with one attached hydrogen (secondary N) is 6. The minimum Gasteiger partial charge on any atom is -0.307 e. The van der Waals surface area contributed by atoms with E-state index < -0.39 is 33.7 Å². The van der Waals surface area contributed by atoms with E-state index in [0.29, 0.717) is 0 Å². The van der Waals surface area contributed by atoms with Crippen molar-refractivity contribution in [3.63, 3.8) is 0 Å². The molecule has 0 aromatic heterocycles. The molecule has 2 aromatic carbocycles. The van der Waals surface area contributed by atoms with Gasteiger partial charge in [-0.25, -0.2) is 20.4 Å². The van der Waals surface area contributed by atoms with Gasteiger partial charge in [-0.1, -0.05) is 0 Å². The number of hydrogen-bond acceptors (Lipinski definition) is 8. The van der Waals surface area contributed by atoms with E-state index in [-0.39, 0.29) is 22.7 Å². The molecule has 0 saturated heterocycles. The van der Waals surface area contributed by atoms with Crippen molar-refractivity contribution in [1.29, 1.82) is 0 Å². The quantitative estimate of drug-likeness (QED) is 0.220. The molecule has 32 heavy (non-hydrogen) atoms. The summed E-state index contributed by atoms with van der Waals surface area (Å²) in [7, 11) is 0. The zero-order valence-electron chi connectivity index (χ0n) is 15.8. The molecule has 16 nitrogen and oxygen atoms in total. The maximum absolute atomic E-state index is 11.7. The molecule has 0 radical (unpaired) electrons. The number of amides is 6. The van der Waals surface area contributed by atoms with Crippen LogP contribution in [0.1, 0.15) is 0 Å². The summed E-state index contributed by atoms with van der Waals surface area (Å²) in [6.45, 7) is 0. The van der Waals surface area contributed by atoms with E-state index >= 15 is 0 Å². The third kappa shape index (κ3) is 6.95. The van der Waals surface area contributed by atoms with Crippen LogP contribution in [0.2, 0.25) is 0 Å².